The number of guanidine groups is 1. The van der Waals surface area contributed by atoms with Gasteiger partial charge in [0.15, 0.2) is 5.96 Å². The van der Waals surface area contributed by atoms with Crippen LogP contribution in [-0.2, 0) is 11.3 Å². The Labute approximate surface area is 250 Å². The molecule has 12 nitrogen and oxygen atoms in total. The lowest BCUT2D eigenvalue weighted by Gasteiger charge is -2.57. The number of rotatable bonds is 8. The summed E-state index contributed by atoms with van der Waals surface area (Å²) in [6, 6.07) is 10.4. The summed E-state index contributed by atoms with van der Waals surface area (Å²) in [5.41, 5.74) is 4.43. The quantitative estimate of drug-likeness (QED) is 0.422. The molecule has 4 atom stereocenters. The Bertz CT molecular complexity index is 1600. The van der Waals surface area contributed by atoms with Gasteiger partial charge in [-0.05, 0) is 30.0 Å². The summed E-state index contributed by atoms with van der Waals surface area (Å²) in [5, 5.41) is 17.8. The highest BCUT2D eigenvalue weighted by Gasteiger charge is 2.45. The lowest BCUT2D eigenvalue weighted by Crippen LogP contribution is -2.70. The zero-order chi connectivity index (χ0) is 28.9. The summed E-state index contributed by atoms with van der Waals surface area (Å²) in [6.07, 6.45) is 9.75. The third-order valence-corrected chi connectivity index (χ3v) is 9.57. The molecule has 4 bridgehead atoms. The Morgan fingerprint density at radius 3 is 2.63 bits per heavy atom. The molecule has 0 aliphatic carbocycles. The maximum absolute atomic E-state index is 9.78. The minimum Gasteiger partial charge on any atom is -0.491 e. The number of piperazine rings is 1. The second-order valence-electron chi connectivity index (χ2n) is 12.0. The highest BCUT2D eigenvalue weighted by atomic mass is 16.5. The average Bonchev–Trinajstić information content (AvgIpc) is 3.49. The summed E-state index contributed by atoms with van der Waals surface area (Å²) in [7, 11) is 1.64. The van der Waals surface area contributed by atoms with E-state index in [0.29, 0.717) is 48.8 Å². The molecule has 9 heterocycles. The number of aliphatic imine (C=N–C) groups is 1. The van der Waals surface area contributed by atoms with Crippen LogP contribution in [-0.4, -0.2) is 113 Å². The van der Waals surface area contributed by atoms with Crippen molar-refractivity contribution in [2.24, 2.45) is 4.99 Å². The normalized spacial score (nSPS) is 26.5. The number of ether oxygens (including phenoxy) is 3. The molecule has 6 aliphatic heterocycles. The van der Waals surface area contributed by atoms with Crippen LogP contribution in [0.2, 0.25) is 0 Å². The molecule has 5 saturated heterocycles. The van der Waals surface area contributed by atoms with E-state index in [1.54, 1.807) is 17.8 Å². The molecule has 43 heavy (non-hydrogen) atoms. The molecule has 4 unspecified atom stereocenters. The maximum atomic E-state index is 9.78. The fourth-order valence-corrected chi connectivity index (χ4v) is 7.27. The van der Waals surface area contributed by atoms with Crippen LogP contribution in [0.5, 0.6) is 11.6 Å². The van der Waals surface area contributed by atoms with Crippen LogP contribution in [0.3, 0.4) is 0 Å². The van der Waals surface area contributed by atoms with Crippen molar-refractivity contribution in [1.29, 1.82) is 5.26 Å². The number of piperidine rings is 1. The van der Waals surface area contributed by atoms with Gasteiger partial charge < -0.3 is 24.4 Å². The van der Waals surface area contributed by atoms with Gasteiger partial charge in [-0.1, -0.05) is 6.07 Å². The van der Waals surface area contributed by atoms with Crippen LogP contribution < -0.4 is 14.8 Å². The smallest absolute Gasteiger partial charge is 0.212 e. The lowest BCUT2D eigenvalue weighted by molar-refractivity contribution is -0.129. The first-order valence-electron chi connectivity index (χ1n) is 15.1. The molecule has 0 amide bonds. The van der Waals surface area contributed by atoms with Gasteiger partial charge in [-0.3, -0.25) is 9.80 Å². The molecule has 6 aliphatic rings. The van der Waals surface area contributed by atoms with Crippen LogP contribution >= 0.6 is 0 Å². The molecule has 0 aromatic carbocycles. The van der Waals surface area contributed by atoms with Gasteiger partial charge in [0, 0.05) is 80.9 Å². The Balaban J connectivity index is 0.955. The highest BCUT2D eigenvalue weighted by Crippen LogP contribution is 2.35. The number of nitrogens with one attached hydrogen (secondary N) is 1. The number of pyridine rings is 2. The van der Waals surface area contributed by atoms with E-state index in [0.717, 1.165) is 67.8 Å². The SMILES string of the molecule is COc1ccc(CN2C3CC2CN(C2=NC=C(c4cc(OCCN5C6COCC5C6)cn5ncc(C#N)c45)CN2)C3)cn1. The molecule has 9 rings (SSSR count). The summed E-state index contributed by atoms with van der Waals surface area (Å²) in [4.78, 5) is 16.6. The van der Waals surface area contributed by atoms with Gasteiger partial charge >= 0.3 is 0 Å². The van der Waals surface area contributed by atoms with Gasteiger partial charge in [-0.15, -0.1) is 0 Å². The molecule has 0 spiro atoms. The van der Waals surface area contributed by atoms with E-state index in [1.807, 2.05) is 30.7 Å². The zero-order valence-corrected chi connectivity index (χ0v) is 24.2. The first-order chi connectivity index (χ1) is 21.2. The second-order valence-corrected chi connectivity index (χ2v) is 12.0. The largest absolute Gasteiger partial charge is 0.491 e. The third kappa shape index (κ3) is 4.77. The van der Waals surface area contributed by atoms with Crippen molar-refractivity contribution in [3.05, 3.63) is 59.7 Å². The molecule has 12 heteroatoms. The van der Waals surface area contributed by atoms with Crippen molar-refractivity contribution in [3.8, 4) is 17.7 Å². The fourth-order valence-electron chi connectivity index (χ4n) is 7.27. The summed E-state index contributed by atoms with van der Waals surface area (Å²) >= 11 is 0. The topological polar surface area (TPSA) is 116 Å². The van der Waals surface area contributed by atoms with Crippen molar-refractivity contribution in [2.45, 2.75) is 43.6 Å². The number of morpholine rings is 1. The standard InChI is InChI=1S/C31H35N9O3/c1-41-29-3-2-20(10-33-29)14-39-23-6-24(39)16-37(15-23)31-34-11-22(12-35-31)28-8-27(17-40-30(28)21(9-32)13-36-40)43-5-4-38-25-7-26(38)19-42-18-25/h2-3,8,10-11,13,17,23-26H,4-7,12,14-16,18-19H2,1H3,(H,34,35). The summed E-state index contributed by atoms with van der Waals surface area (Å²) in [6.45, 7) is 6.49. The first kappa shape index (κ1) is 26.4. The molecule has 3 aromatic rings. The summed E-state index contributed by atoms with van der Waals surface area (Å²) in [5.74, 6) is 2.28. The van der Waals surface area contributed by atoms with Gasteiger partial charge in [-0.2, -0.15) is 10.4 Å². The number of aromatic nitrogens is 3. The van der Waals surface area contributed by atoms with Crippen LogP contribution in [0.1, 0.15) is 29.5 Å². The maximum Gasteiger partial charge on any atom is 0.212 e. The van der Waals surface area contributed by atoms with E-state index in [4.69, 9.17) is 19.2 Å². The van der Waals surface area contributed by atoms with E-state index < -0.39 is 0 Å². The molecular formula is C31H35N9O3. The van der Waals surface area contributed by atoms with E-state index in [1.165, 1.54) is 18.4 Å². The van der Waals surface area contributed by atoms with Crippen molar-refractivity contribution in [2.75, 3.05) is 53.1 Å². The number of nitriles is 1. The Kier molecular flexibility index (Phi) is 6.66. The van der Waals surface area contributed by atoms with Gasteiger partial charge in [-0.25, -0.2) is 14.5 Å². The van der Waals surface area contributed by atoms with Crippen molar-refractivity contribution in [1.82, 2.24) is 34.6 Å². The van der Waals surface area contributed by atoms with E-state index >= 15 is 0 Å². The Morgan fingerprint density at radius 2 is 1.93 bits per heavy atom. The van der Waals surface area contributed by atoms with Gasteiger partial charge in [0.05, 0.1) is 43.8 Å². The lowest BCUT2D eigenvalue weighted by atomic mass is 9.87. The number of nitrogens with zero attached hydrogens (tertiary/aromatic N) is 8. The second kappa shape index (κ2) is 10.8. The minimum atomic E-state index is 0.498. The third-order valence-electron chi connectivity index (χ3n) is 9.57. The summed E-state index contributed by atoms with van der Waals surface area (Å²) < 4.78 is 18.8. The predicted molar refractivity (Wildman–Crippen MR) is 159 cm³/mol. The van der Waals surface area contributed by atoms with E-state index in [9.17, 15) is 5.26 Å². The van der Waals surface area contributed by atoms with Crippen LogP contribution in [0.25, 0.3) is 11.1 Å². The van der Waals surface area contributed by atoms with Crippen LogP contribution in [0, 0.1) is 11.3 Å². The van der Waals surface area contributed by atoms with E-state index in [-0.39, 0.29) is 0 Å². The van der Waals surface area contributed by atoms with Gasteiger partial charge in [0.25, 0.3) is 0 Å². The monoisotopic (exact) mass is 581 g/mol. The predicted octanol–water partition coefficient (Wildman–Crippen LogP) is 1.72. The van der Waals surface area contributed by atoms with E-state index in [2.05, 4.69) is 42.2 Å². The molecular weight excluding hydrogens is 546 g/mol. The Morgan fingerprint density at radius 1 is 1.09 bits per heavy atom. The molecule has 0 saturated carbocycles. The molecule has 0 radical (unpaired) electrons. The minimum absolute atomic E-state index is 0.498. The number of hydrogen-bond donors (Lipinski definition) is 1. The zero-order valence-electron chi connectivity index (χ0n) is 24.2. The number of hydrogen-bond acceptors (Lipinski definition) is 11. The number of fused-ring (bicyclic) bond motifs is 5. The van der Waals surface area contributed by atoms with Gasteiger partial charge in [0.2, 0.25) is 5.88 Å². The van der Waals surface area contributed by atoms with Crippen LogP contribution in [0.15, 0.2) is 48.0 Å². The van der Waals surface area contributed by atoms with Crippen molar-refractivity contribution in [3.63, 3.8) is 0 Å². The Hall–Kier alpha value is -4.18. The van der Waals surface area contributed by atoms with Crippen LogP contribution in [0.4, 0.5) is 0 Å². The molecule has 1 N–H and O–H groups in total. The molecule has 222 valence electrons. The average molecular weight is 582 g/mol. The number of methoxy groups -OCH3 is 1. The fraction of sp³-hybridized carbons (Fsp3) is 0.484. The highest BCUT2D eigenvalue weighted by molar-refractivity contribution is 5.90. The molecule has 5 fully saturated rings. The van der Waals surface area contributed by atoms with Gasteiger partial charge in [0.1, 0.15) is 18.4 Å². The first-order valence-corrected chi connectivity index (χ1v) is 15.1. The molecule has 3 aromatic heterocycles. The van der Waals surface area contributed by atoms with Crippen molar-refractivity contribution < 1.29 is 14.2 Å². The van der Waals surface area contributed by atoms with Crippen molar-refractivity contribution >= 4 is 17.0 Å².